The molecule has 0 saturated carbocycles. The molecule has 0 aliphatic carbocycles. The van der Waals surface area contributed by atoms with Gasteiger partial charge in [0, 0.05) is 70.4 Å². The first-order valence-corrected chi connectivity index (χ1v) is 23.9. The summed E-state index contributed by atoms with van der Waals surface area (Å²) in [5, 5.41) is 4.84. The third kappa shape index (κ3) is 6.15. The highest BCUT2D eigenvalue weighted by Crippen LogP contribution is 2.53. The summed E-state index contributed by atoms with van der Waals surface area (Å²) in [4.78, 5) is 5.27. The molecule has 65 heavy (non-hydrogen) atoms. The standard InChI is InChI=1S/C60H53BN2OS/c1-58(2,3)37-23-27-40(28-24-37)63-49-32-39(60(7,8)9)25-29-43(49)55-56-51(34-46-41-19-13-15-21-52(41)64-57(46)55)62(48-30-26-38(59(4,5)6)31-44(48)36-17-11-10-12-18-36)50-33-45-42-20-14-16-22-53(42)65-54(45)35-47(50)61(56)63/h10-35H,1-9H3. The second-order valence-electron chi connectivity index (χ2n) is 21.4. The topological polar surface area (TPSA) is 19.6 Å². The maximum absolute atomic E-state index is 7.12. The Labute approximate surface area is 387 Å². The predicted molar refractivity (Wildman–Crippen MR) is 282 cm³/mol. The maximum atomic E-state index is 7.12. The molecule has 0 atom stereocenters. The van der Waals surface area contributed by atoms with Crippen molar-refractivity contribution in [1.82, 2.24) is 0 Å². The quantitative estimate of drug-likeness (QED) is 0.165. The zero-order valence-electron chi connectivity index (χ0n) is 38.8. The lowest BCUT2D eigenvalue weighted by Crippen LogP contribution is -2.61. The fourth-order valence-electron chi connectivity index (χ4n) is 10.6. The highest BCUT2D eigenvalue weighted by Gasteiger charge is 2.47. The Kier molecular flexibility index (Phi) is 8.60. The lowest BCUT2D eigenvalue weighted by atomic mass is 9.43. The maximum Gasteiger partial charge on any atom is 0.333 e. The normalized spacial score (nSPS) is 13.8. The zero-order chi connectivity index (χ0) is 44.7. The molecule has 0 saturated heterocycles. The average Bonchev–Trinajstić information content (AvgIpc) is 3.85. The Morgan fingerprint density at radius 1 is 0.462 bits per heavy atom. The van der Waals surface area contributed by atoms with Crippen LogP contribution in [-0.4, -0.2) is 6.85 Å². The molecule has 10 aromatic rings. The van der Waals surface area contributed by atoms with Crippen LogP contribution in [0.15, 0.2) is 162 Å². The number of anilines is 5. The van der Waals surface area contributed by atoms with Crippen LogP contribution in [0.4, 0.5) is 28.4 Å². The first-order chi connectivity index (χ1) is 31.1. The Hall–Kier alpha value is -6.56. The number of rotatable bonds is 3. The van der Waals surface area contributed by atoms with Gasteiger partial charge in [0.15, 0.2) is 0 Å². The molecule has 2 aliphatic heterocycles. The first-order valence-electron chi connectivity index (χ1n) is 23.1. The van der Waals surface area contributed by atoms with E-state index >= 15 is 0 Å². The van der Waals surface area contributed by atoms with Gasteiger partial charge >= 0.3 is 6.85 Å². The van der Waals surface area contributed by atoms with Crippen molar-refractivity contribution >= 4 is 99.7 Å². The molecule has 2 aromatic heterocycles. The Morgan fingerprint density at radius 3 is 1.83 bits per heavy atom. The van der Waals surface area contributed by atoms with Gasteiger partial charge in [-0.3, -0.25) is 0 Å². The minimum atomic E-state index is -0.171. The van der Waals surface area contributed by atoms with Gasteiger partial charge in [0.25, 0.3) is 0 Å². The van der Waals surface area contributed by atoms with Crippen LogP contribution in [0.2, 0.25) is 0 Å². The van der Waals surface area contributed by atoms with Crippen LogP contribution in [-0.2, 0) is 16.2 Å². The van der Waals surface area contributed by atoms with Crippen molar-refractivity contribution in [2.45, 2.75) is 78.6 Å². The third-order valence-electron chi connectivity index (χ3n) is 14.1. The highest BCUT2D eigenvalue weighted by molar-refractivity contribution is 7.26. The van der Waals surface area contributed by atoms with Crippen molar-refractivity contribution < 1.29 is 4.42 Å². The van der Waals surface area contributed by atoms with Crippen LogP contribution in [0.5, 0.6) is 0 Å². The van der Waals surface area contributed by atoms with Crippen LogP contribution in [0, 0.1) is 0 Å². The minimum Gasteiger partial charge on any atom is -0.455 e. The summed E-state index contributed by atoms with van der Waals surface area (Å²) in [5.41, 5.74) is 18.9. The van der Waals surface area contributed by atoms with E-state index in [9.17, 15) is 0 Å². The number of thiophene rings is 1. The highest BCUT2D eigenvalue weighted by atomic mass is 32.1. The van der Waals surface area contributed by atoms with E-state index in [0.29, 0.717) is 0 Å². The lowest BCUT2D eigenvalue weighted by Gasteiger charge is -2.46. The summed E-state index contributed by atoms with van der Waals surface area (Å²) in [6.45, 7) is 20.6. The van der Waals surface area contributed by atoms with Gasteiger partial charge in [-0.2, -0.15) is 0 Å². The van der Waals surface area contributed by atoms with Crippen LogP contribution < -0.4 is 20.6 Å². The summed E-state index contributed by atoms with van der Waals surface area (Å²) in [5.74, 6) is 0. The molecule has 2 aliphatic rings. The Bertz CT molecular complexity index is 3560. The second kappa shape index (κ2) is 14.0. The number of hydrogen-bond acceptors (Lipinski definition) is 4. The molecule has 0 N–H and O–H groups in total. The van der Waals surface area contributed by atoms with Gasteiger partial charge in [-0.05, 0) is 110 Å². The molecule has 0 fully saturated rings. The van der Waals surface area contributed by atoms with Gasteiger partial charge in [0.1, 0.15) is 11.2 Å². The summed E-state index contributed by atoms with van der Waals surface area (Å²) < 4.78 is 9.72. The molecule has 0 radical (unpaired) electrons. The van der Waals surface area contributed by atoms with Gasteiger partial charge in [-0.25, -0.2) is 0 Å². The van der Waals surface area contributed by atoms with Crippen molar-refractivity contribution in [2.75, 3.05) is 9.71 Å². The Balaban J connectivity index is 1.27. The number of furan rings is 1. The van der Waals surface area contributed by atoms with Crippen molar-refractivity contribution in [3.63, 3.8) is 0 Å². The molecular formula is C60H53BN2OS. The van der Waals surface area contributed by atoms with E-state index in [-0.39, 0.29) is 23.1 Å². The molecule has 0 unspecified atom stereocenters. The van der Waals surface area contributed by atoms with Crippen molar-refractivity contribution in [1.29, 1.82) is 0 Å². The predicted octanol–water partition coefficient (Wildman–Crippen LogP) is 16.2. The van der Waals surface area contributed by atoms with Crippen molar-refractivity contribution in [3.8, 4) is 22.3 Å². The minimum absolute atomic E-state index is 0.0220. The van der Waals surface area contributed by atoms with Gasteiger partial charge in [-0.1, -0.05) is 159 Å². The van der Waals surface area contributed by atoms with Crippen LogP contribution in [0.1, 0.15) is 79.0 Å². The van der Waals surface area contributed by atoms with Crippen LogP contribution >= 0.6 is 11.3 Å². The van der Waals surface area contributed by atoms with E-state index in [1.165, 1.54) is 92.8 Å². The lowest BCUT2D eigenvalue weighted by molar-refractivity contribution is 0.590. The summed E-state index contributed by atoms with van der Waals surface area (Å²) >= 11 is 1.90. The van der Waals surface area contributed by atoms with Crippen molar-refractivity contribution in [2.24, 2.45) is 0 Å². The molecule has 3 nitrogen and oxygen atoms in total. The number of para-hydroxylation sites is 1. The van der Waals surface area contributed by atoms with Gasteiger partial charge in [0.05, 0.1) is 5.69 Å². The van der Waals surface area contributed by atoms with E-state index in [4.69, 9.17) is 4.42 Å². The van der Waals surface area contributed by atoms with Crippen LogP contribution in [0.3, 0.4) is 0 Å². The first kappa shape index (κ1) is 40.0. The van der Waals surface area contributed by atoms with E-state index in [2.05, 4.69) is 230 Å². The van der Waals surface area contributed by atoms with Gasteiger partial charge in [-0.15, -0.1) is 11.3 Å². The number of benzene rings is 8. The fourth-order valence-corrected chi connectivity index (χ4v) is 11.7. The van der Waals surface area contributed by atoms with Gasteiger partial charge < -0.3 is 14.1 Å². The molecule has 4 heterocycles. The third-order valence-corrected chi connectivity index (χ3v) is 15.2. The van der Waals surface area contributed by atoms with E-state index in [1.807, 2.05) is 11.3 Å². The molecular weight excluding hydrogens is 808 g/mol. The van der Waals surface area contributed by atoms with E-state index in [1.54, 1.807) is 0 Å². The van der Waals surface area contributed by atoms with Crippen molar-refractivity contribution in [3.05, 3.63) is 174 Å². The summed E-state index contributed by atoms with van der Waals surface area (Å²) in [6.07, 6.45) is 0. The molecule has 12 rings (SSSR count). The molecule has 0 spiro atoms. The average molecular weight is 861 g/mol. The SMILES string of the molecule is CC(C)(C)c1ccc(N2B3c4cc5sc6ccccc6c5cc4N(c4ccc(C(C)(C)C)cc4-c4ccccc4)c4cc5c(oc6ccccc65)c(c43)-c3ccc(C(C)(C)C)cc32)cc1. The molecule has 0 bridgehead atoms. The summed E-state index contributed by atoms with van der Waals surface area (Å²) in [7, 11) is 0. The van der Waals surface area contributed by atoms with E-state index in [0.717, 1.165) is 27.6 Å². The largest absolute Gasteiger partial charge is 0.455 e. The number of hydrogen-bond donors (Lipinski definition) is 0. The summed E-state index contributed by atoms with van der Waals surface area (Å²) in [6, 6.07) is 59.8. The monoisotopic (exact) mass is 860 g/mol. The number of fused-ring (bicyclic) bond motifs is 11. The molecule has 8 aromatic carbocycles. The zero-order valence-corrected chi connectivity index (χ0v) is 39.6. The van der Waals surface area contributed by atoms with Gasteiger partial charge in [0.2, 0.25) is 0 Å². The molecule has 0 amide bonds. The van der Waals surface area contributed by atoms with E-state index < -0.39 is 0 Å². The molecule has 318 valence electrons. The Morgan fingerprint density at radius 2 is 1.09 bits per heavy atom. The fraction of sp³-hybridized carbons (Fsp3) is 0.200. The molecule has 5 heteroatoms. The smallest absolute Gasteiger partial charge is 0.333 e. The number of nitrogens with zero attached hydrogens (tertiary/aromatic N) is 2. The second-order valence-corrected chi connectivity index (χ2v) is 22.5. The van der Waals surface area contributed by atoms with Crippen LogP contribution in [0.25, 0.3) is 64.4 Å².